The number of esters is 1. The average molecular weight is 489 g/mol. The number of ether oxygens (including phenoxy) is 5. The summed E-state index contributed by atoms with van der Waals surface area (Å²) in [5, 5.41) is 0. The maximum Gasteiger partial charge on any atom is 0.338 e. The zero-order valence-corrected chi connectivity index (χ0v) is 20.5. The number of carbonyl (C=O) groups excluding carboxylic acids is 1. The van der Waals surface area contributed by atoms with Crippen LogP contribution in [0, 0.1) is 0 Å². The number of benzene rings is 3. The van der Waals surface area contributed by atoms with Gasteiger partial charge in [0.1, 0.15) is 12.2 Å². The zero-order valence-electron chi connectivity index (χ0n) is 20.5. The van der Waals surface area contributed by atoms with E-state index in [9.17, 15) is 4.79 Å². The molecule has 0 saturated carbocycles. The molecule has 1 fully saturated rings. The number of hydrogen-bond donors (Lipinski definition) is 0. The van der Waals surface area contributed by atoms with Crippen LogP contribution in [-0.4, -0.2) is 43.8 Å². The Balaban J connectivity index is 1.59. The summed E-state index contributed by atoms with van der Waals surface area (Å²) in [5.74, 6) is -0.484. The van der Waals surface area contributed by atoms with E-state index in [1.54, 1.807) is 30.3 Å². The van der Waals surface area contributed by atoms with Gasteiger partial charge in [-0.2, -0.15) is 0 Å². The SMILES string of the molecule is C=CCC1(OC(=O)c2ccccc2)C(OC)OC(COCc2ccccc2)C1OCc1ccccc1. The minimum Gasteiger partial charge on any atom is -0.447 e. The van der Waals surface area contributed by atoms with Crippen LogP contribution in [0.15, 0.2) is 104 Å². The lowest BCUT2D eigenvalue weighted by molar-refractivity contribution is -0.197. The van der Waals surface area contributed by atoms with Gasteiger partial charge in [0.2, 0.25) is 6.29 Å². The maximum atomic E-state index is 13.2. The Morgan fingerprint density at radius 3 is 2.08 bits per heavy atom. The number of rotatable bonds is 12. The van der Waals surface area contributed by atoms with Crippen LogP contribution in [0.5, 0.6) is 0 Å². The van der Waals surface area contributed by atoms with Gasteiger partial charge in [0, 0.05) is 13.5 Å². The molecule has 0 bridgehead atoms. The van der Waals surface area contributed by atoms with E-state index in [-0.39, 0.29) is 13.0 Å². The van der Waals surface area contributed by atoms with Crippen molar-refractivity contribution >= 4 is 5.97 Å². The van der Waals surface area contributed by atoms with E-state index in [1.807, 2.05) is 66.7 Å². The molecule has 1 saturated heterocycles. The van der Waals surface area contributed by atoms with Gasteiger partial charge in [-0.05, 0) is 23.3 Å². The van der Waals surface area contributed by atoms with Crippen LogP contribution < -0.4 is 0 Å². The molecule has 0 aromatic heterocycles. The van der Waals surface area contributed by atoms with Gasteiger partial charge in [-0.3, -0.25) is 0 Å². The Morgan fingerprint density at radius 2 is 1.50 bits per heavy atom. The van der Waals surface area contributed by atoms with Crippen molar-refractivity contribution in [2.24, 2.45) is 0 Å². The smallest absolute Gasteiger partial charge is 0.338 e. The highest BCUT2D eigenvalue weighted by molar-refractivity contribution is 5.89. The Hall–Kier alpha value is -3.29. The molecule has 0 radical (unpaired) electrons. The summed E-state index contributed by atoms with van der Waals surface area (Å²) in [6.07, 6.45) is -0.0948. The van der Waals surface area contributed by atoms with Crippen LogP contribution in [0.1, 0.15) is 27.9 Å². The maximum absolute atomic E-state index is 13.2. The molecule has 1 heterocycles. The molecule has 0 aliphatic carbocycles. The molecule has 0 spiro atoms. The van der Waals surface area contributed by atoms with Crippen LogP contribution in [-0.2, 0) is 36.9 Å². The van der Waals surface area contributed by atoms with E-state index in [4.69, 9.17) is 23.7 Å². The summed E-state index contributed by atoms with van der Waals surface area (Å²) in [7, 11) is 1.53. The van der Waals surface area contributed by atoms with Gasteiger partial charge in [-0.25, -0.2) is 4.79 Å². The molecular weight excluding hydrogens is 456 g/mol. The molecular formula is C30H32O6. The lowest BCUT2D eigenvalue weighted by Crippen LogP contribution is -2.53. The van der Waals surface area contributed by atoms with Crippen molar-refractivity contribution < 1.29 is 28.5 Å². The molecule has 1 aliphatic heterocycles. The fourth-order valence-corrected chi connectivity index (χ4v) is 4.44. The summed E-state index contributed by atoms with van der Waals surface area (Å²) >= 11 is 0. The van der Waals surface area contributed by atoms with E-state index in [1.165, 1.54) is 7.11 Å². The van der Waals surface area contributed by atoms with Crippen LogP contribution in [0.3, 0.4) is 0 Å². The first-order chi connectivity index (χ1) is 17.7. The van der Waals surface area contributed by atoms with Crippen molar-refractivity contribution in [3.05, 3.63) is 120 Å². The normalized spacial score (nSPS) is 23.3. The quantitative estimate of drug-likeness (QED) is 0.254. The standard InChI is InChI=1S/C30H32O6/c1-3-19-30(36-28(31)25-17-11-6-12-18-25)27(34-21-24-15-9-5-10-16-24)26(35-29(30)32-2)22-33-20-23-13-7-4-8-14-23/h3-18,26-27,29H,1,19-22H2,2H3. The van der Waals surface area contributed by atoms with Crippen LogP contribution in [0.2, 0.25) is 0 Å². The lowest BCUT2D eigenvalue weighted by Gasteiger charge is -2.36. The highest BCUT2D eigenvalue weighted by Crippen LogP contribution is 2.41. The van der Waals surface area contributed by atoms with Gasteiger partial charge in [0.25, 0.3) is 0 Å². The van der Waals surface area contributed by atoms with E-state index in [0.29, 0.717) is 18.8 Å². The van der Waals surface area contributed by atoms with E-state index in [0.717, 1.165) is 11.1 Å². The second-order valence-electron chi connectivity index (χ2n) is 8.66. The molecule has 4 unspecified atom stereocenters. The van der Waals surface area contributed by atoms with Crippen LogP contribution in [0.25, 0.3) is 0 Å². The molecule has 4 rings (SSSR count). The van der Waals surface area contributed by atoms with Gasteiger partial charge in [-0.1, -0.05) is 84.9 Å². The summed E-state index contributed by atoms with van der Waals surface area (Å²) in [4.78, 5) is 13.2. The molecule has 188 valence electrons. The minimum absolute atomic E-state index is 0.232. The Kier molecular flexibility index (Phi) is 9.03. The van der Waals surface area contributed by atoms with E-state index < -0.39 is 30.1 Å². The molecule has 6 heteroatoms. The first-order valence-corrected chi connectivity index (χ1v) is 12.0. The van der Waals surface area contributed by atoms with Gasteiger partial charge >= 0.3 is 5.97 Å². The Bertz CT molecular complexity index is 1090. The third-order valence-corrected chi connectivity index (χ3v) is 6.15. The minimum atomic E-state index is -1.25. The third-order valence-electron chi connectivity index (χ3n) is 6.15. The molecule has 0 N–H and O–H groups in total. The number of carbonyl (C=O) groups is 1. The molecule has 6 nitrogen and oxygen atoms in total. The van der Waals surface area contributed by atoms with Gasteiger partial charge < -0.3 is 23.7 Å². The largest absolute Gasteiger partial charge is 0.447 e. The molecule has 36 heavy (non-hydrogen) atoms. The Labute approximate surface area is 212 Å². The van der Waals surface area contributed by atoms with Gasteiger partial charge in [0.15, 0.2) is 5.60 Å². The average Bonchev–Trinajstić information content (AvgIpc) is 3.20. The Morgan fingerprint density at radius 1 is 0.917 bits per heavy atom. The second kappa shape index (κ2) is 12.6. The van der Waals surface area contributed by atoms with Crippen molar-refractivity contribution in [3.63, 3.8) is 0 Å². The van der Waals surface area contributed by atoms with Crippen LogP contribution >= 0.6 is 0 Å². The van der Waals surface area contributed by atoms with Crippen molar-refractivity contribution in [1.82, 2.24) is 0 Å². The van der Waals surface area contributed by atoms with Crippen molar-refractivity contribution in [3.8, 4) is 0 Å². The first-order valence-electron chi connectivity index (χ1n) is 12.0. The van der Waals surface area contributed by atoms with E-state index >= 15 is 0 Å². The summed E-state index contributed by atoms with van der Waals surface area (Å²) in [5.41, 5.74) is 1.22. The summed E-state index contributed by atoms with van der Waals surface area (Å²) < 4.78 is 30.6. The van der Waals surface area contributed by atoms with Crippen LogP contribution in [0.4, 0.5) is 0 Å². The van der Waals surface area contributed by atoms with Crippen molar-refractivity contribution in [2.45, 2.75) is 43.7 Å². The summed E-state index contributed by atoms with van der Waals surface area (Å²) in [6, 6.07) is 28.6. The third kappa shape index (κ3) is 6.09. The predicted molar refractivity (Wildman–Crippen MR) is 136 cm³/mol. The topological polar surface area (TPSA) is 63.2 Å². The fraction of sp³-hybridized carbons (Fsp3) is 0.300. The van der Waals surface area contributed by atoms with E-state index in [2.05, 4.69) is 6.58 Å². The first kappa shape index (κ1) is 25.8. The van der Waals surface area contributed by atoms with Crippen molar-refractivity contribution in [1.29, 1.82) is 0 Å². The zero-order chi connectivity index (χ0) is 25.2. The molecule has 1 aliphatic rings. The number of hydrogen-bond acceptors (Lipinski definition) is 6. The molecule has 0 amide bonds. The molecule has 4 atom stereocenters. The predicted octanol–water partition coefficient (Wildman–Crippen LogP) is 5.33. The lowest BCUT2D eigenvalue weighted by atomic mass is 9.90. The van der Waals surface area contributed by atoms with Gasteiger partial charge in [0.05, 0.1) is 25.4 Å². The molecule has 3 aromatic carbocycles. The number of methoxy groups -OCH3 is 1. The summed E-state index contributed by atoms with van der Waals surface area (Å²) in [6.45, 7) is 4.87. The second-order valence-corrected chi connectivity index (χ2v) is 8.66. The molecule has 3 aromatic rings. The van der Waals surface area contributed by atoms with Crippen molar-refractivity contribution in [2.75, 3.05) is 13.7 Å². The highest BCUT2D eigenvalue weighted by Gasteiger charge is 2.60. The highest BCUT2D eigenvalue weighted by atomic mass is 16.7. The fourth-order valence-electron chi connectivity index (χ4n) is 4.44. The monoisotopic (exact) mass is 488 g/mol. The van der Waals surface area contributed by atoms with Gasteiger partial charge in [-0.15, -0.1) is 6.58 Å².